The van der Waals surface area contributed by atoms with Crippen molar-refractivity contribution in [3.8, 4) is 5.75 Å². The minimum atomic E-state index is -3.25. The van der Waals surface area contributed by atoms with Gasteiger partial charge in [0.05, 0.1) is 42.7 Å². The molecule has 0 amide bonds. The van der Waals surface area contributed by atoms with Gasteiger partial charge in [-0.2, -0.15) is 0 Å². The first-order chi connectivity index (χ1) is 18.4. The van der Waals surface area contributed by atoms with Gasteiger partial charge in [0.2, 0.25) is 0 Å². The Kier molecular flexibility index (Phi) is 13.0. The Morgan fingerprint density at radius 2 is 1.71 bits per heavy atom. The van der Waals surface area contributed by atoms with Crippen LogP contribution in [0.15, 0.2) is 47.4 Å². The van der Waals surface area contributed by atoms with Crippen LogP contribution in [0.5, 0.6) is 5.75 Å². The van der Waals surface area contributed by atoms with E-state index in [1.54, 1.807) is 30.3 Å². The highest BCUT2D eigenvalue weighted by molar-refractivity contribution is 7.92. The maximum absolute atomic E-state index is 12.8. The number of rotatable bonds is 18. The van der Waals surface area contributed by atoms with Crippen LogP contribution in [0.4, 0.5) is 0 Å². The summed E-state index contributed by atoms with van der Waals surface area (Å²) in [5, 5.41) is 32.1. The number of sulfone groups is 1. The molecule has 2 aromatic rings. The number of phenols is 1. The second-order valence-corrected chi connectivity index (χ2v) is 12.2. The van der Waals surface area contributed by atoms with Crippen molar-refractivity contribution < 1.29 is 33.2 Å². The van der Waals surface area contributed by atoms with Crippen LogP contribution in [0.3, 0.4) is 0 Å². The molecule has 0 heterocycles. The third-order valence-electron chi connectivity index (χ3n) is 7.00. The number of hydrogen-bond donors (Lipinski definition) is 4. The zero-order valence-corrected chi connectivity index (χ0v) is 23.0. The Morgan fingerprint density at radius 3 is 2.50 bits per heavy atom. The van der Waals surface area contributed by atoms with Gasteiger partial charge in [-0.25, -0.2) is 8.42 Å². The van der Waals surface area contributed by atoms with Crippen molar-refractivity contribution in [2.75, 3.05) is 32.9 Å². The molecule has 1 atom stereocenters. The van der Waals surface area contributed by atoms with Gasteiger partial charge < -0.3 is 30.1 Å². The summed E-state index contributed by atoms with van der Waals surface area (Å²) in [6.45, 7) is 2.98. The molecule has 0 spiro atoms. The number of aliphatic hydroxyl groups is 2. The lowest BCUT2D eigenvalue weighted by Crippen LogP contribution is -2.22. The fraction of sp³-hybridized carbons (Fsp3) is 0.586. The van der Waals surface area contributed by atoms with Gasteiger partial charge in [-0.3, -0.25) is 0 Å². The first-order valence-corrected chi connectivity index (χ1v) is 15.3. The van der Waals surface area contributed by atoms with E-state index in [1.807, 2.05) is 6.07 Å². The van der Waals surface area contributed by atoms with Gasteiger partial charge in [0.1, 0.15) is 5.75 Å². The summed E-state index contributed by atoms with van der Waals surface area (Å²) in [5.74, 6) is 0.0303. The normalized spacial score (nSPS) is 15.2. The Balaban J connectivity index is 1.17. The first-order valence-electron chi connectivity index (χ1n) is 13.7. The van der Waals surface area contributed by atoms with Crippen molar-refractivity contribution in [3.05, 3.63) is 59.2 Å². The number of benzene rings is 2. The Labute approximate surface area is 226 Å². The van der Waals surface area contributed by atoms with Crippen LogP contribution in [0.25, 0.3) is 0 Å². The summed E-state index contributed by atoms with van der Waals surface area (Å²) in [6.07, 6.45) is 6.92. The monoisotopic (exact) mass is 549 g/mol. The number of aromatic hydroxyl groups is 1. The Morgan fingerprint density at radius 1 is 0.947 bits per heavy atom. The second-order valence-electron chi connectivity index (χ2n) is 9.94. The molecule has 38 heavy (non-hydrogen) atoms. The molecular formula is C29H43NO7S. The predicted octanol–water partition coefficient (Wildman–Crippen LogP) is 4.02. The highest BCUT2D eigenvalue weighted by atomic mass is 32.2. The molecule has 1 aliphatic rings. The van der Waals surface area contributed by atoms with Crippen molar-refractivity contribution >= 4 is 9.84 Å². The molecule has 2 aromatic carbocycles. The standard InChI is InChI=1S/C29H43NO7S/c31-21-25-19-24(12-13-28(25)32)29(33)20-30-14-5-1-2-6-15-36-16-17-37-22-23-8-7-11-27(18-23)38(34,35)26-9-3-4-10-26/h7-8,11-13,18-19,26,29-33H,1-6,9-10,14-17,20-22H2/t29-/m0/s1. The molecule has 0 aliphatic heterocycles. The van der Waals surface area contributed by atoms with Crippen LogP contribution in [-0.4, -0.2) is 61.9 Å². The molecule has 1 aliphatic carbocycles. The van der Waals surface area contributed by atoms with E-state index < -0.39 is 15.9 Å². The topological polar surface area (TPSA) is 125 Å². The summed E-state index contributed by atoms with van der Waals surface area (Å²) < 4.78 is 36.9. The smallest absolute Gasteiger partial charge is 0.181 e. The lowest BCUT2D eigenvalue weighted by Gasteiger charge is -2.14. The lowest BCUT2D eigenvalue weighted by molar-refractivity contribution is 0.0392. The molecule has 0 aromatic heterocycles. The molecule has 1 fully saturated rings. The average Bonchev–Trinajstić information content (AvgIpc) is 3.48. The quantitative estimate of drug-likeness (QED) is 0.206. The van der Waals surface area contributed by atoms with Crippen LogP contribution in [0.2, 0.25) is 0 Å². The highest BCUT2D eigenvalue weighted by Crippen LogP contribution is 2.30. The van der Waals surface area contributed by atoms with E-state index in [-0.39, 0.29) is 17.6 Å². The number of unbranched alkanes of at least 4 members (excludes halogenated alkanes) is 3. The Bertz CT molecular complexity index is 1070. The van der Waals surface area contributed by atoms with E-state index in [0.29, 0.717) is 49.0 Å². The molecule has 212 valence electrons. The summed E-state index contributed by atoms with van der Waals surface area (Å²) in [6, 6.07) is 11.9. The van der Waals surface area contributed by atoms with Gasteiger partial charge in [-0.1, -0.05) is 43.9 Å². The van der Waals surface area contributed by atoms with Gasteiger partial charge in [0, 0.05) is 18.7 Å². The number of nitrogens with one attached hydrogen (secondary N) is 1. The average molecular weight is 550 g/mol. The van der Waals surface area contributed by atoms with E-state index >= 15 is 0 Å². The SMILES string of the molecule is O=S(=O)(c1cccc(COCCOCCCCCCNC[C@H](O)c2ccc(O)c(CO)c2)c1)C1CCCC1. The maximum atomic E-state index is 12.8. The van der Waals surface area contributed by atoms with E-state index in [0.717, 1.165) is 63.5 Å². The van der Waals surface area contributed by atoms with Gasteiger partial charge in [-0.15, -0.1) is 0 Å². The molecule has 9 heteroatoms. The lowest BCUT2D eigenvalue weighted by atomic mass is 10.1. The van der Waals surface area contributed by atoms with Gasteiger partial charge >= 0.3 is 0 Å². The van der Waals surface area contributed by atoms with Crippen LogP contribution < -0.4 is 5.32 Å². The third-order valence-corrected chi connectivity index (χ3v) is 9.26. The zero-order valence-electron chi connectivity index (χ0n) is 22.2. The van der Waals surface area contributed by atoms with Crippen molar-refractivity contribution in [2.24, 2.45) is 0 Å². The van der Waals surface area contributed by atoms with Crippen LogP contribution in [0, 0.1) is 0 Å². The van der Waals surface area contributed by atoms with Gasteiger partial charge in [0.25, 0.3) is 0 Å². The first kappa shape index (κ1) is 30.5. The highest BCUT2D eigenvalue weighted by Gasteiger charge is 2.30. The Hall–Kier alpha value is -2.01. The maximum Gasteiger partial charge on any atom is 0.181 e. The fourth-order valence-corrected chi connectivity index (χ4v) is 6.64. The summed E-state index contributed by atoms with van der Waals surface area (Å²) >= 11 is 0. The molecule has 0 unspecified atom stereocenters. The molecule has 0 radical (unpaired) electrons. The van der Waals surface area contributed by atoms with Crippen LogP contribution in [0.1, 0.15) is 74.2 Å². The molecule has 0 saturated heterocycles. The van der Waals surface area contributed by atoms with Crippen LogP contribution >= 0.6 is 0 Å². The molecule has 8 nitrogen and oxygen atoms in total. The van der Waals surface area contributed by atoms with E-state index in [4.69, 9.17) is 9.47 Å². The van der Waals surface area contributed by atoms with Gasteiger partial charge in [0.15, 0.2) is 9.84 Å². The number of ether oxygens (including phenoxy) is 2. The van der Waals surface area contributed by atoms with E-state index in [2.05, 4.69) is 5.32 Å². The van der Waals surface area contributed by atoms with E-state index in [1.165, 1.54) is 6.07 Å². The van der Waals surface area contributed by atoms with Crippen molar-refractivity contribution in [1.82, 2.24) is 5.32 Å². The second kappa shape index (κ2) is 16.2. The van der Waals surface area contributed by atoms with Crippen LogP contribution in [-0.2, 0) is 32.5 Å². The van der Waals surface area contributed by atoms with E-state index in [9.17, 15) is 23.7 Å². The molecule has 1 saturated carbocycles. The van der Waals surface area contributed by atoms with Crippen molar-refractivity contribution in [2.45, 2.75) is 80.8 Å². The minimum Gasteiger partial charge on any atom is -0.508 e. The molecule has 0 bridgehead atoms. The summed E-state index contributed by atoms with van der Waals surface area (Å²) in [4.78, 5) is 0.405. The number of hydrogen-bond acceptors (Lipinski definition) is 8. The fourth-order valence-electron chi connectivity index (χ4n) is 4.72. The minimum absolute atomic E-state index is 0.0303. The predicted molar refractivity (Wildman–Crippen MR) is 147 cm³/mol. The number of aliphatic hydroxyl groups excluding tert-OH is 2. The largest absolute Gasteiger partial charge is 0.508 e. The summed E-state index contributed by atoms with van der Waals surface area (Å²) in [5.41, 5.74) is 1.94. The molecular weight excluding hydrogens is 506 g/mol. The molecule has 4 N–H and O–H groups in total. The van der Waals surface area contributed by atoms with Crippen molar-refractivity contribution in [3.63, 3.8) is 0 Å². The zero-order chi connectivity index (χ0) is 27.2. The van der Waals surface area contributed by atoms with Gasteiger partial charge in [-0.05, 0) is 67.6 Å². The third kappa shape index (κ3) is 9.63. The molecule has 3 rings (SSSR count). The summed E-state index contributed by atoms with van der Waals surface area (Å²) in [7, 11) is -3.25. The van der Waals surface area contributed by atoms with Crippen molar-refractivity contribution in [1.29, 1.82) is 0 Å².